The number of nitro groups is 1. The summed E-state index contributed by atoms with van der Waals surface area (Å²) in [4.78, 5) is 22.5. The minimum absolute atomic E-state index is 0.00497. The normalized spacial score (nSPS) is 10.4. The molecule has 1 aromatic heterocycles. The smallest absolute Gasteiger partial charge is 0.292 e. The minimum atomic E-state index is -0.627. The molecule has 9 heteroatoms. The van der Waals surface area contributed by atoms with Crippen LogP contribution in [0.4, 0.5) is 11.4 Å². The Morgan fingerprint density at radius 2 is 2.00 bits per heavy atom. The van der Waals surface area contributed by atoms with Crippen LogP contribution in [-0.4, -0.2) is 25.6 Å². The van der Waals surface area contributed by atoms with E-state index in [1.54, 1.807) is 10.9 Å². The summed E-state index contributed by atoms with van der Waals surface area (Å²) in [5, 5.41) is 21.4. The molecule has 0 aliphatic carbocycles. The van der Waals surface area contributed by atoms with E-state index in [2.05, 4.69) is 15.5 Å². The summed E-state index contributed by atoms with van der Waals surface area (Å²) in [5.74, 6) is 0.0650. The summed E-state index contributed by atoms with van der Waals surface area (Å²) in [7, 11) is 0. The molecule has 0 radical (unpaired) electrons. The monoisotopic (exact) mass is 338 g/mol. The first-order valence-electron chi connectivity index (χ1n) is 7.32. The van der Waals surface area contributed by atoms with Crippen LogP contribution in [0.15, 0.2) is 54.9 Å². The molecule has 25 heavy (non-hydrogen) atoms. The predicted molar refractivity (Wildman–Crippen MR) is 90.0 cm³/mol. The molecule has 0 unspecified atom stereocenters. The molecule has 0 aliphatic rings. The van der Waals surface area contributed by atoms with Crippen molar-refractivity contribution < 1.29 is 9.72 Å². The number of carbonyl (C=O) groups excluding carboxylic acids is 1. The zero-order chi connectivity index (χ0) is 17.8. The molecule has 0 fully saturated rings. The average Bonchev–Trinajstić information content (AvgIpc) is 3.09. The molecule has 0 bridgehead atoms. The molecule has 0 atom stereocenters. The van der Waals surface area contributed by atoms with Crippen molar-refractivity contribution in [1.82, 2.24) is 20.1 Å². The Labute approximate surface area is 142 Å². The van der Waals surface area contributed by atoms with Crippen molar-refractivity contribution in [3.8, 4) is 5.69 Å². The molecule has 1 amide bonds. The number of nitrogens with one attached hydrogen (secondary N) is 1. The standard InChI is InChI=1S/C16H14N6O3/c17-13-7-6-11(8-14(13)22(24)25)16(23)18-9-15-20-19-10-21(15)12-4-2-1-3-5-12/h1-8,10H,9,17H2,(H,18,23). The lowest BCUT2D eigenvalue weighted by molar-refractivity contribution is -0.383. The van der Waals surface area contributed by atoms with Gasteiger partial charge in [0.15, 0.2) is 5.82 Å². The van der Waals surface area contributed by atoms with E-state index in [4.69, 9.17) is 5.73 Å². The molecule has 3 N–H and O–H groups in total. The highest BCUT2D eigenvalue weighted by Gasteiger charge is 2.16. The van der Waals surface area contributed by atoms with Gasteiger partial charge in [-0.2, -0.15) is 0 Å². The molecule has 3 aromatic rings. The van der Waals surface area contributed by atoms with E-state index in [9.17, 15) is 14.9 Å². The van der Waals surface area contributed by atoms with Crippen LogP contribution in [-0.2, 0) is 6.54 Å². The van der Waals surface area contributed by atoms with E-state index < -0.39 is 10.8 Å². The van der Waals surface area contributed by atoms with Crippen molar-refractivity contribution in [3.63, 3.8) is 0 Å². The van der Waals surface area contributed by atoms with Crippen LogP contribution in [0.1, 0.15) is 16.2 Å². The molecule has 3 rings (SSSR count). The molecular weight excluding hydrogens is 324 g/mol. The molecule has 1 heterocycles. The number of hydrogen-bond acceptors (Lipinski definition) is 6. The Hall–Kier alpha value is -3.75. The number of nitrogens with zero attached hydrogens (tertiary/aromatic N) is 4. The molecule has 9 nitrogen and oxygen atoms in total. The van der Waals surface area contributed by atoms with Gasteiger partial charge in [0.2, 0.25) is 0 Å². The van der Waals surface area contributed by atoms with Gasteiger partial charge in [0.05, 0.1) is 11.5 Å². The third-order valence-electron chi connectivity index (χ3n) is 3.55. The molecular formula is C16H14N6O3. The van der Waals surface area contributed by atoms with E-state index in [0.717, 1.165) is 11.8 Å². The molecule has 0 saturated carbocycles. The number of rotatable bonds is 5. The van der Waals surface area contributed by atoms with Gasteiger partial charge in [0.1, 0.15) is 12.0 Å². The summed E-state index contributed by atoms with van der Waals surface area (Å²) in [6.45, 7) is 0.117. The Morgan fingerprint density at radius 1 is 1.24 bits per heavy atom. The summed E-state index contributed by atoms with van der Waals surface area (Å²) >= 11 is 0. The summed E-state index contributed by atoms with van der Waals surface area (Å²) < 4.78 is 1.74. The van der Waals surface area contributed by atoms with Crippen molar-refractivity contribution >= 4 is 17.3 Å². The number of hydrogen-bond donors (Lipinski definition) is 2. The van der Waals surface area contributed by atoms with E-state index >= 15 is 0 Å². The first-order valence-corrected chi connectivity index (χ1v) is 7.32. The second-order valence-electron chi connectivity index (χ2n) is 5.17. The maximum Gasteiger partial charge on any atom is 0.292 e. The Balaban J connectivity index is 1.75. The van der Waals surface area contributed by atoms with Gasteiger partial charge in [-0.25, -0.2) is 0 Å². The number of nitrogens with two attached hydrogens (primary N) is 1. The van der Waals surface area contributed by atoms with Crippen molar-refractivity contribution in [1.29, 1.82) is 0 Å². The molecule has 126 valence electrons. The molecule has 0 saturated heterocycles. The molecule has 2 aromatic carbocycles. The fourth-order valence-electron chi connectivity index (χ4n) is 2.29. The highest BCUT2D eigenvalue weighted by atomic mass is 16.6. The van der Waals surface area contributed by atoms with E-state index in [0.29, 0.717) is 5.82 Å². The summed E-state index contributed by atoms with van der Waals surface area (Å²) in [5.41, 5.74) is 6.24. The van der Waals surface area contributed by atoms with Gasteiger partial charge in [-0.1, -0.05) is 18.2 Å². The summed E-state index contributed by atoms with van der Waals surface area (Å²) in [6, 6.07) is 13.3. The maximum absolute atomic E-state index is 12.2. The van der Waals surface area contributed by atoms with Crippen molar-refractivity contribution in [2.45, 2.75) is 6.54 Å². The highest BCUT2D eigenvalue weighted by Crippen LogP contribution is 2.22. The fraction of sp³-hybridized carbons (Fsp3) is 0.0625. The van der Waals surface area contributed by atoms with E-state index in [-0.39, 0.29) is 23.5 Å². The summed E-state index contributed by atoms with van der Waals surface area (Å²) in [6.07, 6.45) is 1.55. The molecule has 0 aliphatic heterocycles. The van der Waals surface area contributed by atoms with Crippen LogP contribution in [0.25, 0.3) is 5.69 Å². The second-order valence-corrected chi connectivity index (χ2v) is 5.17. The minimum Gasteiger partial charge on any atom is -0.393 e. The highest BCUT2D eigenvalue weighted by molar-refractivity contribution is 5.95. The van der Waals surface area contributed by atoms with Crippen molar-refractivity contribution in [2.75, 3.05) is 5.73 Å². The Kier molecular flexibility index (Phi) is 4.38. The number of anilines is 1. The third kappa shape index (κ3) is 3.44. The number of benzene rings is 2. The Bertz CT molecular complexity index is 923. The number of nitro benzene ring substituents is 1. The predicted octanol–water partition coefficient (Wildman–Crippen LogP) is 1.69. The lowest BCUT2D eigenvalue weighted by Crippen LogP contribution is -2.24. The largest absolute Gasteiger partial charge is 0.393 e. The Morgan fingerprint density at radius 3 is 2.72 bits per heavy atom. The van der Waals surface area contributed by atoms with Crippen LogP contribution in [0, 0.1) is 10.1 Å². The van der Waals surface area contributed by atoms with Gasteiger partial charge >= 0.3 is 0 Å². The van der Waals surface area contributed by atoms with E-state index in [1.807, 2.05) is 30.3 Å². The van der Waals surface area contributed by atoms with Crippen LogP contribution in [0.2, 0.25) is 0 Å². The van der Waals surface area contributed by atoms with Gasteiger partial charge in [0, 0.05) is 17.3 Å². The number of amides is 1. The zero-order valence-electron chi connectivity index (χ0n) is 13.0. The van der Waals surface area contributed by atoms with Crippen molar-refractivity contribution in [3.05, 3.63) is 76.4 Å². The maximum atomic E-state index is 12.2. The van der Waals surface area contributed by atoms with Gasteiger partial charge in [-0.15, -0.1) is 10.2 Å². The SMILES string of the molecule is Nc1ccc(C(=O)NCc2nncn2-c2ccccc2)cc1[N+](=O)[O-]. The van der Waals surface area contributed by atoms with Crippen LogP contribution < -0.4 is 11.1 Å². The molecule has 0 spiro atoms. The van der Waals surface area contributed by atoms with Crippen molar-refractivity contribution in [2.24, 2.45) is 0 Å². The quantitative estimate of drug-likeness (QED) is 0.414. The number of nitrogen functional groups attached to an aromatic ring is 1. The van der Waals surface area contributed by atoms with Crippen LogP contribution >= 0.6 is 0 Å². The number of carbonyl (C=O) groups is 1. The van der Waals surface area contributed by atoms with Crippen LogP contribution in [0.3, 0.4) is 0 Å². The van der Waals surface area contributed by atoms with Crippen LogP contribution in [0.5, 0.6) is 0 Å². The topological polar surface area (TPSA) is 129 Å². The number of aromatic nitrogens is 3. The second kappa shape index (κ2) is 6.79. The first kappa shape index (κ1) is 16.1. The van der Waals surface area contributed by atoms with Gasteiger partial charge in [0.25, 0.3) is 11.6 Å². The van der Waals surface area contributed by atoms with Gasteiger partial charge in [-0.05, 0) is 24.3 Å². The third-order valence-corrected chi connectivity index (χ3v) is 3.55. The number of para-hydroxylation sites is 1. The van der Waals surface area contributed by atoms with Gasteiger partial charge in [-0.3, -0.25) is 19.5 Å². The first-order chi connectivity index (χ1) is 12.1. The lowest BCUT2D eigenvalue weighted by Gasteiger charge is -2.08. The fourth-order valence-corrected chi connectivity index (χ4v) is 2.29. The van der Waals surface area contributed by atoms with E-state index in [1.165, 1.54) is 12.1 Å². The average molecular weight is 338 g/mol. The lowest BCUT2D eigenvalue weighted by atomic mass is 10.1. The zero-order valence-corrected chi connectivity index (χ0v) is 13.0. The van der Waals surface area contributed by atoms with Gasteiger partial charge < -0.3 is 11.1 Å².